The first-order valence-electron chi connectivity index (χ1n) is 4.91. The van der Waals surface area contributed by atoms with Crippen molar-refractivity contribution < 1.29 is 13.2 Å². The molecule has 4 nitrogen and oxygen atoms in total. The highest BCUT2D eigenvalue weighted by Gasteiger charge is 2.23. The van der Waals surface area contributed by atoms with E-state index in [0.717, 1.165) is 4.31 Å². The van der Waals surface area contributed by atoms with E-state index in [2.05, 4.69) is 0 Å². The van der Waals surface area contributed by atoms with Crippen molar-refractivity contribution in [3.8, 4) is 0 Å². The maximum Gasteiger partial charge on any atom is 0.242 e. The number of hydrogen-bond donors (Lipinski definition) is 0. The van der Waals surface area contributed by atoms with E-state index < -0.39 is 21.8 Å². The van der Waals surface area contributed by atoms with Gasteiger partial charge in [-0.3, -0.25) is 9.10 Å². The summed E-state index contributed by atoms with van der Waals surface area (Å²) in [4.78, 5) is 11.0. The summed E-state index contributed by atoms with van der Waals surface area (Å²) in [7, 11) is -3.63. The third-order valence-corrected chi connectivity index (χ3v) is 4.40. The lowest BCUT2D eigenvalue weighted by Crippen LogP contribution is -2.35. The highest BCUT2D eigenvalue weighted by Crippen LogP contribution is 2.27. The molecule has 0 aliphatic rings. The van der Waals surface area contributed by atoms with E-state index in [-0.39, 0.29) is 21.5 Å². The van der Waals surface area contributed by atoms with Crippen molar-refractivity contribution in [3.05, 3.63) is 28.2 Å². The third-order valence-electron chi connectivity index (χ3n) is 2.10. The Morgan fingerprint density at radius 3 is 2.11 bits per heavy atom. The Balaban J connectivity index is 3.30. The lowest BCUT2D eigenvalue weighted by atomic mass is 10.3. The zero-order valence-corrected chi connectivity index (χ0v) is 12.4. The zero-order chi connectivity index (χ0) is 13.9. The Kier molecular flexibility index (Phi) is 5.28. The molecule has 0 saturated carbocycles. The van der Waals surface area contributed by atoms with E-state index in [9.17, 15) is 13.2 Å². The van der Waals surface area contributed by atoms with Gasteiger partial charge in [0.1, 0.15) is 6.54 Å². The van der Waals surface area contributed by atoms with Crippen molar-refractivity contribution in [1.29, 1.82) is 0 Å². The van der Waals surface area contributed by atoms with Crippen LogP contribution in [-0.2, 0) is 14.8 Å². The standard InChI is InChI=1S/C10H10Cl3NO3S/c1-2-18(16,17)14(6-10(13)15)9-4-7(11)3-8(12)5-9/h3-5H,2,6H2,1H3. The van der Waals surface area contributed by atoms with Gasteiger partial charge in [0.15, 0.2) is 0 Å². The smallest absolute Gasteiger partial charge is 0.242 e. The van der Waals surface area contributed by atoms with Crippen molar-refractivity contribution >= 4 is 55.8 Å². The molecule has 0 aliphatic carbocycles. The summed E-state index contributed by atoms with van der Waals surface area (Å²) in [6.07, 6.45) is 0. The molecule has 0 amide bonds. The number of halogens is 3. The zero-order valence-electron chi connectivity index (χ0n) is 9.36. The fourth-order valence-electron chi connectivity index (χ4n) is 1.30. The second kappa shape index (κ2) is 6.10. The number of carbonyl (C=O) groups is 1. The Hall–Kier alpha value is -0.490. The Morgan fingerprint density at radius 2 is 1.72 bits per heavy atom. The normalized spacial score (nSPS) is 11.3. The largest absolute Gasteiger partial charge is 0.279 e. The van der Waals surface area contributed by atoms with Gasteiger partial charge in [-0.2, -0.15) is 0 Å². The van der Waals surface area contributed by atoms with Crippen LogP contribution in [-0.4, -0.2) is 26.0 Å². The van der Waals surface area contributed by atoms with Gasteiger partial charge in [0.2, 0.25) is 15.3 Å². The van der Waals surface area contributed by atoms with Gasteiger partial charge in [0, 0.05) is 10.0 Å². The number of nitrogens with zero attached hydrogens (tertiary/aromatic N) is 1. The molecule has 0 aliphatic heterocycles. The van der Waals surface area contributed by atoms with E-state index in [4.69, 9.17) is 34.8 Å². The van der Waals surface area contributed by atoms with Crippen molar-refractivity contribution in [2.75, 3.05) is 16.6 Å². The molecule has 100 valence electrons. The van der Waals surface area contributed by atoms with Gasteiger partial charge in [-0.25, -0.2) is 8.42 Å². The Morgan fingerprint density at radius 1 is 1.22 bits per heavy atom. The molecule has 0 N–H and O–H groups in total. The molecule has 0 radical (unpaired) electrons. The molecule has 1 aromatic carbocycles. The summed E-state index contributed by atoms with van der Waals surface area (Å²) in [6.45, 7) is 1.00. The molecule has 0 spiro atoms. The predicted molar refractivity (Wildman–Crippen MR) is 74.1 cm³/mol. The van der Waals surface area contributed by atoms with Crippen LogP contribution in [0.3, 0.4) is 0 Å². The van der Waals surface area contributed by atoms with Gasteiger partial charge in [-0.15, -0.1) is 0 Å². The molecule has 0 aromatic heterocycles. The van der Waals surface area contributed by atoms with E-state index in [0.29, 0.717) is 0 Å². The molecule has 18 heavy (non-hydrogen) atoms. The Labute approximate surface area is 120 Å². The van der Waals surface area contributed by atoms with Gasteiger partial charge >= 0.3 is 0 Å². The van der Waals surface area contributed by atoms with Crippen LogP contribution in [0.25, 0.3) is 0 Å². The second-order valence-electron chi connectivity index (χ2n) is 3.39. The minimum absolute atomic E-state index is 0.165. The minimum atomic E-state index is -3.63. The number of sulfonamides is 1. The first kappa shape index (κ1) is 15.6. The maximum absolute atomic E-state index is 11.9. The molecular weight excluding hydrogens is 321 g/mol. The van der Waals surface area contributed by atoms with Gasteiger partial charge in [-0.05, 0) is 36.7 Å². The second-order valence-corrected chi connectivity index (χ2v) is 6.87. The molecule has 1 aromatic rings. The quantitative estimate of drug-likeness (QED) is 0.780. The molecule has 0 saturated heterocycles. The fourth-order valence-corrected chi connectivity index (χ4v) is 3.06. The van der Waals surface area contributed by atoms with Crippen LogP contribution in [0.2, 0.25) is 10.0 Å². The van der Waals surface area contributed by atoms with Gasteiger partial charge in [0.25, 0.3) is 0 Å². The van der Waals surface area contributed by atoms with Crippen LogP contribution >= 0.6 is 34.8 Å². The van der Waals surface area contributed by atoms with Gasteiger partial charge in [-0.1, -0.05) is 23.2 Å². The number of benzene rings is 1. The number of hydrogen-bond acceptors (Lipinski definition) is 3. The maximum atomic E-state index is 11.9. The molecule has 0 heterocycles. The Bertz CT molecular complexity index is 539. The molecule has 8 heteroatoms. The van der Waals surface area contributed by atoms with Gasteiger partial charge in [0.05, 0.1) is 11.4 Å². The lowest BCUT2D eigenvalue weighted by Gasteiger charge is -2.22. The summed E-state index contributed by atoms with van der Waals surface area (Å²) in [5, 5.41) is -0.241. The van der Waals surface area contributed by atoms with Crippen LogP contribution in [0.5, 0.6) is 0 Å². The highest BCUT2D eigenvalue weighted by atomic mass is 35.5. The van der Waals surface area contributed by atoms with E-state index in [1.165, 1.54) is 25.1 Å². The minimum Gasteiger partial charge on any atom is -0.279 e. The molecular formula is C10H10Cl3NO3S. The highest BCUT2D eigenvalue weighted by molar-refractivity contribution is 7.92. The number of rotatable bonds is 5. The van der Waals surface area contributed by atoms with Crippen LogP contribution in [0.1, 0.15) is 6.92 Å². The molecule has 1 rings (SSSR count). The summed E-state index contributed by atoms with van der Waals surface area (Å²) in [6, 6.07) is 4.27. The van der Waals surface area contributed by atoms with Crippen molar-refractivity contribution in [3.63, 3.8) is 0 Å². The van der Waals surface area contributed by atoms with E-state index in [1.807, 2.05) is 0 Å². The average Bonchev–Trinajstić information content (AvgIpc) is 2.24. The van der Waals surface area contributed by atoms with Crippen molar-refractivity contribution in [1.82, 2.24) is 0 Å². The molecule has 0 bridgehead atoms. The summed E-state index contributed by atoms with van der Waals surface area (Å²) < 4.78 is 24.7. The first-order chi connectivity index (χ1) is 8.26. The fraction of sp³-hybridized carbons (Fsp3) is 0.300. The lowest BCUT2D eigenvalue weighted by molar-refractivity contribution is -0.110. The molecule has 0 atom stereocenters. The monoisotopic (exact) mass is 329 g/mol. The number of anilines is 1. The van der Waals surface area contributed by atoms with E-state index >= 15 is 0 Å². The van der Waals surface area contributed by atoms with Crippen LogP contribution in [0.4, 0.5) is 5.69 Å². The average molecular weight is 331 g/mol. The predicted octanol–water partition coefficient (Wildman–Crippen LogP) is 2.91. The van der Waals surface area contributed by atoms with E-state index in [1.54, 1.807) is 0 Å². The van der Waals surface area contributed by atoms with Crippen LogP contribution in [0, 0.1) is 0 Å². The summed E-state index contributed by atoms with van der Waals surface area (Å²) in [5.41, 5.74) is 0.211. The van der Waals surface area contributed by atoms with Gasteiger partial charge < -0.3 is 0 Å². The molecule has 0 fully saturated rings. The topological polar surface area (TPSA) is 54.5 Å². The van der Waals surface area contributed by atoms with Crippen molar-refractivity contribution in [2.24, 2.45) is 0 Å². The van der Waals surface area contributed by atoms with Crippen LogP contribution in [0.15, 0.2) is 18.2 Å². The third kappa shape index (κ3) is 4.02. The summed E-state index contributed by atoms with van der Waals surface area (Å²) >= 11 is 16.9. The van der Waals surface area contributed by atoms with Crippen molar-refractivity contribution in [2.45, 2.75) is 6.92 Å². The SMILES string of the molecule is CCS(=O)(=O)N(CC(=O)Cl)c1cc(Cl)cc(Cl)c1. The summed E-state index contributed by atoms with van der Waals surface area (Å²) in [5.74, 6) is -0.165. The number of carbonyl (C=O) groups excluding carboxylic acids is 1. The van der Waals surface area contributed by atoms with Crippen LogP contribution < -0.4 is 4.31 Å². The molecule has 0 unspecified atom stereocenters. The first-order valence-corrected chi connectivity index (χ1v) is 7.65.